The fourth-order valence-electron chi connectivity index (χ4n) is 1.34. The van der Waals surface area contributed by atoms with Crippen LogP contribution in [0, 0.1) is 0 Å². The van der Waals surface area contributed by atoms with Crippen LogP contribution in [0.3, 0.4) is 0 Å². The summed E-state index contributed by atoms with van der Waals surface area (Å²) in [6.45, 7) is 2.06. The summed E-state index contributed by atoms with van der Waals surface area (Å²) < 4.78 is 1.04. The molecule has 0 fully saturated rings. The van der Waals surface area contributed by atoms with Gasteiger partial charge in [-0.1, -0.05) is 23.7 Å². The van der Waals surface area contributed by atoms with Crippen molar-refractivity contribution in [1.82, 2.24) is 4.98 Å². The summed E-state index contributed by atoms with van der Waals surface area (Å²) in [7, 11) is 0. The molecule has 0 radical (unpaired) electrons. The van der Waals surface area contributed by atoms with Gasteiger partial charge in [0.1, 0.15) is 5.01 Å². The molecule has 1 unspecified atom stereocenters. The monoisotopic (exact) mass is 316 g/mol. The quantitative estimate of drug-likeness (QED) is 0.885. The summed E-state index contributed by atoms with van der Waals surface area (Å²) >= 11 is 11.1. The van der Waals surface area contributed by atoms with Gasteiger partial charge in [-0.05, 0) is 35.0 Å². The second kappa shape index (κ2) is 5.17. The molecule has 1 heterocycles. The van der Waals surface area contributed by atoms with Gasteiger partial charge >= 0.3 is 0 Å². The number of halogens is 2. The second-order valence-corrected chi connectivity index (χ2v) is 6.20. The largest absolute Gasteiger partial charge is 0.375 e. The lowest BCUT2D eigenvalue weighted by Crippen LogP contribution is -2.06. The van der Waals surface area contributed by atoms with Gasteiger partial charge in [0.15, 0.2) is 0 Å². The molecule has 0 spiro atoms. The molecule has 0 saturated heterocycles. The highest BCUT2D eigenvalue weighted by molar-refractivity contribution is 9.11. The number of anilines is 1. The Balaban J connectivity index is 2.13. The van der Waals surface area contributed by atoms with Crippen LogP contribution in [-0.2, 0) is 0 Å². The van der Waals surface area contributed by atoms with Crippen molar-refractivity contribution < 1.29 is 0 Å². The standard InChI is InChI=1S/C11H10BrClN2S/c1-7(11-14-6-10(12)16-11)15-9-5-3-2-4-8(9)13/h2-7,15H,1H3. The van der Waals surface area contributed by atoms with Crippen molar-refractivity contribution in [3.05, 3.63) is 44.3 Å². The number of rotatable bonds is 3. The smallest absolute Gasteiger partial charge is 0.116 e. The van der Waals surface area contributed by atoms with E-state index in [1.165, 1.54) is 0 Å². The molecule has 1 aromatic heterocycles. The third-order valence-electron chi connectivity index (χ3n) is 2.11. The van der Waals surface area contributed by atoms with Gasteiger partial charge in [-0.25, -0.2) is 4.98 Å². The Morgan fingerprint density at radius 1 is 1.44 bits per heavy atom. The third-order valence-corrected chi connectivity index (χ3v) is 4.10. The Labute approximate surface area is 112 Å². The number of hydrogen-bond donors (Lipinski definition) is 1. The molecule has 84 valence electrons. The summed E-state index contributed by atoms with van der Waals surface area (Å²) in [6, 6.07) is 7.85. The van der Waals surface area contributed by atoms with Crippen LogP contribution in [0.5, 0.6) is 0 Å². The summed E-state index contributed by atoms with van der Waals surface area (Å²) in [5, 5.41) is 5.10. The van der Waals surface area contributed by atoms with E-state index in [0.717, 1.165) is 19.5 Å². The zero-order valence-electron chi connectivity index (χ0n) is 8.58. The molecule has 1 atom stereocenters. The molecule has 0 aliphatic carbocycles. The predicted octanol–water partition coefficient (Wildman–Crippen LogP) is 4.73. The minimum atomic E-state index is 0.149. The Kier molecular flexibility index (Phi) is 3.84. The van der Waals surface area contributed by atoms with Gasteiger partial charge in [0.05, 0.1) is 26.7 Å². The number of nitrogens with zero attached hydrogens (tertiary/aromatic N) is 1. The first-order valence-electron chi connectivity index (χ1n) is 4.79. The first-order chi connectivity index (χ1) is 7.66. The Hall–Kier alpha value is -0.580. The van der Waals surface area contributed by atoms with Crippen LogP contribution in [-0.4, -0.2) is 4.98 Å². The summed E-state index contributed by atoms with van der Waals surface area (Å²) in [4.78, 5) is 4.31. The second-order valence-electron chi connectivity index (χ2n) is 3.35. The molecule has 0 saturated carbocycles. The molecule has 2 aromatic rings. The van der Waals surface area contributed by atoms with Gasteiger partial charge in [0.25, 0.3) is 0 Å². The highest BCUT2D eigenvalue weighted by atomic mass is 79.9. The highest BCUT2D eigenvalue weighted by Crippen LogP contribution is 2.29. The summed E-state index contributed by atoms with van der Waals surface area (Å²) in [5.41, 5.74) is 0.933. The van der Waals surface area contributed by atoms with Crippen molar-refractivity contribution >= 4 is 44.6 Å². The van der Waals surface area contributed by atoms with Crippen LogP contribution in [0.1, 0.15) is 18.0 Å². The molecule has 2 rings (SSSR count). The van der Waals surface area contributed by atoms with Crippen LogP contribution in [0.25, 0.3) is 0 Å². The average Bonchev–Trinajstić information content (AvgIpc) is 2.68. The van der Waals surface area contributed by atoms with E-state index < -0.39 is 0 Å². The molecular weight excluding hydrogens is 308 g/mol. The molecule has 0 amide bonds. The number of para-hydroxylation sites is 1. The van der Waals surface area contributed by atoms with Gasteiger partial charge in [-0.2, -0.15) is 0 Å². The van der Waals surface area contributed by atoms with Gasteiger partial charge in [0.2, 0.25) is 0 Å². The van der Waals surface area contributed by atoms with E-state index in [1.807, 2.05) is 30.5 Å². The Morgan fingerprint density at radius 2 is 2.19 bits per heavy atom. The Morgan fingerprint density at radius 3 is 2.81 bits per heavy atom. The maximum Gasteiger partial charge on any atom is 0.116 e. The molecule has 0 aliphatic heterocycles. The van der Waals surface area contributed by atoms with E-state index in [-0.39, 0.29) is 6.04 Å². The van der Waals surface area contributed by atoms with Crippen molar-refractivity contribution in [1.29, 1.82) is 0 Å². The van der Waals surface area contributed by atoms with Crippen LogP contribution in [0.4, 0.5) is 5.69 Å². The molecule has 0 bridgehead atoms. The van der Waals surface area contributed by atoms with E-state index in [1.54, 1.807) is 11.3 Å². The topological polar surface area (TPSA) is 24.9 Å². The van der Waals surface area contributed by atoms with Crippen molar-refractivity contribution in [2.75, 3.05) is 5.32 Å². The lowest BCUT2D eigenvalue weighted by molar-refractivity contribution is 0.870. The van der Waals surface area contributed by atoms with Gasteiger partial charge in [-0.3, -0.25) is 0 Å². The molecule has 16 heavy (non-hydrogen) atoms. The normalized spacial score (nSPS) is 12.4. The predicted molar refractivity (Wildman–Crippen MR) is 73.3 cm³/mol. The zero-order valence-corrected chi connectivity index (χ0v) is 11.7. The SMILES string of the molecule is CC(Nc1ccccc1Cl)c1ncc(Br)s1. The number of nitrogens with one attached hydrogen (secondary N) is 1. The fourth-order valence-corrected chi connectivity index (χ4v) is 2.78. The molecule has 0 aliphatic rings. The molecule has 2 nitrogen and oxygen atoms in total. The molecule has 5 heteroatoms. The van der Waals surface area contributed by atoms with E-state index in [4.69, 9.17) is 11.6 Å². The van der Waals surface area contributed by atoms with E-state index >= 15 is 0 Å². The number of hydrogen-bond acceptors (Lipinski definition) is 3. The van der Waals surface area contributed by atoms with Gasteiger partial charge in [-0.15, -0.1) is 11.3 Å². The van der Waals surface area contributed by atoms with Gasteiger partial charge < -0.3 is 5.32 Å². The average molecular weight is 318 g/mol. The maximum atomic E-state index is 6.07. The minimum absolute atomic E-state index is 0.149. The lowest BCUT2D eigenvalue weighted by atomic mass is 10.3. The summed E-state index contributed by atoms with van der Waals surface area (Å²) in [5.74, 6) is 0. The van der Waals surface area contributed by atoms with E-state index in [0.29, 0.717) is 0 Å². The van der Waals surface area contributed by atoms with E-state index in [2.05, 4.69) is 33.2 Å². The molecular formula is C11H10BrClN2S. The first kappa shape index (κ1) is 11.9. The van der Waals surface area contributed by atoms with Gasteiger partial charge in [0, 0.05) is 0 Å². The molecule has 1 N–H and O–H groups in total. The third kappa shape index (κ3) is 2.75. The Bertz CT molecular complexity index is 486. The fraction of sp³-hybridized carbons (Fsp3) is 0.182. The first-order valence-corrected chi connectivity index (χ1v) is 6.78. The van der Waals surface area contributed by atoms with Crippen LogP contribution < -0.4 is 5.32 Å². The highest BCUT2D eigenvalue weighted by Gasteiger charge is 2.10. The van der Waals surface area contributed by atoms with Crippen molar-refractivity contribution in [2.24, 2.45) is 0 Å². The molecule has 1 aromatic carbocycles. The zero-order chi connectivity index (χ0) is 11.5. The van der Waals surface area contributed by atoms with Crippen molar-refractivity contribution in [3.8, 4) is 0 Å². The van der Waals surface area contributed by atoms with Crippen molar-refractivity contribution in [3.63, 3.8) is 0 Å². The number of aromatic nitrogens is 1. The number of thiazole rings is 1. The number of benzene rings is 1. The van der Waals surface area contributed by atoms with Crippen molar-refractivity contribution in [2.45, 2.75) is 13.0 Å². The van der Waals surface area contributed by atoms with Crippen LogP contribution >= 0.6 is 38.9 Å². The van der Waals surface area contributed by atoms with E-state index in [9.17, 15) is 0 Å². The van der Waals surface area contributed by atoms with Crippen LogP contribution in [0.15, 0.2) is 34.2 Å². The minimum Gasteiger partial charge on any atom is -0.375 e. The lowest BCUT2D eigenvalue weighted by Gasteiger charge is -2.13. The maximum absolute atomic E-state index is 6.07. The van der Waals surface area contributed by atoms with Crippen LogP contribution in [0.2, 0.25) is 5.02 Å². The summed E-state index contributed by atoms with van der Waals surface area (Å²) in [6.07, 6.45) is 1.81.